The van der Waals surface area contributed by atoms with E-state index in [0.717, 1.165) is 10.1 Å². The second kappa shape index (κ2) is 5.82. The third-order valence-electron chi connectivity index (χ3n) is 3.96. The number of aryl methyl sites for hydroxylation is 1. The molecule has 2 aromatic heterocycles. The zero-order chi connectivity index (χ0) is 17.6. The number of furan rings is 1. The Morgan fingerprint density at radius 2 is 2.04 bits per heavy atom. The Balaban J connectivity index is 1.64. The summed E-state index contributed by atoms with van der Waals surface area (Å²) < 4.78 is 31.4. The standard InChI is InChI=1S/C17H14N2O4S2/c1-11-6-7-15(23-11)16-18-13(9-24-16)8-19-17(20)14-5-3-2-4-12(14)10-25(19,21)22/h2-7,9H,8,10H2,1H3. The van der Waals surface area contributed by atoms with Crippen molar-refractivity contribution >= 4 is 27.3 Å². The van der Waals surface area contributed by atoms with E-state index < -0.39 is 15.9 Å². The van der Waals surface area contributed by atoms with Crippen molar-refractivity contribution in [3.8, 4) is 10.8 Å². The molecule has 0 fully saturated rings. The van der Waals surface area contributed by atoms with E-state index in [1.54, 1.807) is 29.6 Å². The molecule has 1 amide bonds. The quantitative estimate of drug-likeness (QED) is 0.703. The van der Waals surface area contributed by atoms with Crippen LogP contribution in [0.5, 0.6) is 0 Å². The lowest BCUT2D eigenvalue weighted by atomic mass is 10.1. The smallest absolute Gasteiger partial charge is 0.268 e. The Kier molecular flexibility index (Phi) is 3.73. The molecular formula is C17H14N2O4S2. The van der Waals surface area contributed by atoms with Crippen LogP contribution in [0.25, 0.3) is 10.8 Å². The average molecular weight is 374 g/mol. The van der Waals surface area contributed by atoms with Gasteiger partial charge in [-0.2, -0.15) is 0 Å². The van der Waals surface area contributed by atoms with E-state index in [-0.39, 0.29) is 12.3 Å². The van der Waals surface area contributed by atoms with Gasteiger partial charge in [0, 0.05) is 10.9 Å². The van der Waals surface area contributed by atoms with Gasteiger partial charge in [-0.25, -0.2) is 17.7 Å². The maximum atomic E-state index is 12.6. The molecule has 1 aliphatic rings. The molecule has 6 nitrogen and oxygen atoms in total. The van der Waals surface area contributed by atoms with E-state index in [9.17, 15) is 13.2 Å². The third-order valence-corrected chi connectivity index (χ3v) is 6.50. The molecular weight excluding hydrogens is 360 g/mol. The van der Waals surface area contributed by atoms with Crippen LogP contribution < -0.4 is 0 Å². The van der Waals surface area contributed by atoms with Crippen molar-refractivity contribution in [2.24, 2.45) is 0 Å². The lowest BCUT2D eigenvalue weighted by molar-refractivity contribution is 0.0848. The molecule has 0 spiro atoms. The van der Waals surface area contributed by atoms with Crippen LogP contribution in [0, 0.1) is 6.92 Å². The molecule has 0 saturated heterocycles. The van der Waals surface area contributed by atoms with Gasteiger partial charge < -0.3 is 4.42 Å². The van der Waals surface area contributed by atoms with Crippen molar-refractivity contribution in [3.05, 3.63) is 64.4 Å². The zero-order valence-corrected chi connectivity index (χ0v) is 14.9. The molecule has 4 rings (SSSR count). The van der Waals surface area contributed by atoms with Crippen molar-refractivity contribution < 1.29 is 17.6 Å². The summed E-state index contributed by atoms with van der Waals surface area (Å²) in [6.45, 7) is 1.76. The molecule has 0 radical (unpaired) electrons. The van der Waals surface area contributed by atoms with Crippen LogP contribution in [0.1, 0.15) is 27.4 Å². The van der Waals surface area contributed by atoms with Crippen LogP contribution in [0.2, 0.25) is 0 Å². The number of amides is 1. The normalized spacial score (nSPS) is 16.0. The largest absolute Gasteiger partial charge is 0.459 e. The average Bonchev–Trinajstić information content (AvgIpc) is 3.20. The van der Waals surface area contributed by atoms with Gasteiger partial charge in [0.1, 0.15) is 5.76 Å². The van der Waals surface area contributed by atoms with E-state index in [2.05, 4.69) is 4.98 Å². The summed E-state index contributed by atoms with van der Waals surface area (Å²) in [4.78, 5) is 17.0. The summed E-state index contributed by atoms with van der Waals surface area (Å²) in [5.41, 5.74) is 1.48. The van der Waals surface area contributed by atoms with E-state index >= 15 is 0 Å². The number of rotatable bonds is 3. The lowest BCUT2D eigenvalue weighted by Gasteiger charge is -2.27. The topological polar surface area (TPSA) is 80.5 Å². The fourth-order valence-corrected chi connectivity index (χ4v) is 5.00. The summed E-state index contributed by atoms with van der Waals surface area (Å²) in [5, 5.41) is 2.40. The van der Waals surface area contributed by atoms with Crippen LogP contribution in [-0.2, 0) is 22.3 Å². The predicted molar refractivity (Wildman–Crippen MR) is 93.5 cm³/mol. The van der Waals surface area contributed by atoms with Crippen molar-refractivity contribution in [1.29, 1.82) is 0 Å². The van der Waals surface area contributed by atoms with E-state index in [0.29, 0.717) is 27.6 Å². The van der Waals surface area contributed by atoms with Crippen molar-refractivity contribution in [2.75, 3.05) is 0 Å². The number of nitrogens with zero attached hydrogens (tertiary/aromatic N) is 2. The highest BCUT2D eigenvalue weighted by molar-refractivity contribution is 7.89. The molecule has 3 aromatic rings. The van der Waals surface area contributed by atoms with Crippen LogP contribution in [0.3, 0.4) is 0 Å². The van der Waals surface area contributed by atoms with Crippen LogP contribution in [0.4, 0.5) is 0 Å². The number of sulfonamides is 1. The molecule has 1 aromatic carbocycles. The molecule has 0 aliphatic carbocycles. The van der Waals surface area contributed by atoms with Crippen molar-refractivity contribution in [3.63, 3.8) is 0 Å². The molecule has 25 heavy (non-hydrogen) atoms. The Labute approximate surface area is 148 Å². The fraction of sp³-hybridized carbons (Fsp3) is 0.176. The second-order valence-electron chi connectivity index (χ2n) is 5.78. The van der Waals surface area contributed by atoms with E-state index in [1.165, 1.54) is 11.3 Å². The zero-order valence-electron chi connectivity index (χ0n) is 13.3. The predicted octanol–water partition coefficient (Wildman–Crippen LogP) is 3.20. The van der Waals surface area contributed by atoms with Gasteiger partial charge in [-0.1, -0.05) is 18.2 Å². The third kappa shape index (κ3) is 2.87. The van der Waals surface area contributed by atoms with Crippen molar-refractivity contribution in [2.45, 2.75) is 19.2 Å². The molecule has 0 unspecified atom stereocenters. The van der Waals surface area contributed by atoms with Crippen molar-refractivity contribution in [1.82, 2.24) is 9.29 Å². The maximum Gasteiger partial charge on any atom is 0.268 e. The number of fused-ring (bicyclic) bond motifs is 1. The number of thiazole rings is 1. The summed E-state index contributed by atoms with van der Waals surface area (Å²) in [5.74, 6) is 0.720. The molecule has 1 aliphatic heterocycles. The minimum Gasteiger partial charge on any atom is -0.459 e. The minimum absolute atomic E-state index is 0.0777. The number of benzene rings is 1. The molecule has 128 valence electrons. The highest BCUT2D eigenvalue weighted by Crippen LogP contribution is 2.29. The van der Waals surface area contributed by atoms with Gasteiger partial charge in [0.25, 0.3) is 5.91 Å². The summed E-state index contributed by atoms with van der Waals surface area (Å²) in [6, 6.07) is 10.4. The Bertz CT molecular complexity index is 1070. The van der Waals surface area contributed by atoms with Gasteiger partial charge >= 0.3 is 0 Å². The molecule has 3 heterocycles. The highest BCUT2D eigenvalue weighted by Gasteiger charge is 2.36. The van der Waals surface area contributed by atoms with Gasteiger partial charge in [0.2, 0.25) is 10.0 Å². The fourth-order valence-electron chi connectivity index (χ4n) is 2.75. The van der Waals surface area contributed by atoms with E-state index in [1.807, 2.05) is 19.1 Å². The number of carbonyl (C=O) groups excluding carboxylic acids is 1. The van der Waals surface area contributed by atoms with E-state index in [4.69, 9.17) is 4.42 Å². The number of hydrogen-bond donors (Lipinski definition) is 0. The van der Waals surface area contributed by atoms with Crippen LogP contribution >= 0.6 is 11.3 Å². The Morgan fingerprint density at radius 3 is 2.80 bits per heavy atom. The van der Waals surface area contributed by atoms with Gasteiger partial charge in [0.05, 0.1) is 18.0 Å². The van der Waals surface area contributed by atoms with Crippen LogP contribution in [0.15, 0.2) is 46.2 Å². The molecule has 0 bridgehead atoms. The summed E-state index contributed by atoms with van der Waals surface area (Å²) in [6.07, 6.45) is 0. The first kappa shape index (κ1) is 16.0. The van der Waals surface area contributed by atoms with Gasteiger partial charge in [-0.3, -0.25) is 4.79 Å². The second-order valence-corrected chi connectivity index (χ2v) is 8.53. The lowest BCUT2D eigenvalue weighted by Crippen LogP contribution is -2.41. The summed E-state index contributed by atoms with van der Waals surface area (Å²) >= 11 is 1.35. The monoisotopic (exact) mass is 374 g/mol. The molecule has 0 N–H and O–H groups in total. The molecule has 0 saturated carbocycles. The first-order chi connectivity index (χ1) is 11.9. The maximum absolute atomic E-state index is 12.6. The molecule has 0 atom stereocenters. The Morgan fingerprint density at radius 1 is 1.24 bits per heavy atom. The molecule has 8 heteroatoms. The van der Waals surface area contributed by atoms with Gasteiger partial charge in [-0.15, -0.1) is 11.3 Å². The SMILES string of the molecule is Cc1ccc(-c2nc(CN3C(=O)c4ccccc4CS3(=O)=O)cs2)o1. The highest BCUT2D eigenvalue weighted by atomic mass is 32.2. The van der Waals surface area contributed by atoms with Gasteiger partial charge in [-0.05, 0) is 30.7 Å². The summed E-state index contributed by atoms with van der Waals surface area (Å²) in [7, 11) is -3.71. The minimum atomic E-state index is -3.71. The van der Waals surface area contributed by atoms with Crippen LogP contribution in [-0.4, -0.2) is 23.6 Å². The first-order valence-corrected chi connectivity index (χ1v) is 10.1. The first-order valence-electron chi connectivity index (χ1n) is 7.58. The number of carbonyl (C=O) groups is 1. The Hall–Kier alpha value is -2.45. The number of aromatic nitrogens is 1. The van der Waals surface area contributed by atoms with Gasteiger partial charge in [0.15, 0.2) is 10.8 Å². The number of hydrogen-bond acceptors (Lipinski definition) is 6.